The molecule has 0 spiro atoms. The van der Waals surface area contributed by atoms with Gasteiger partial charge in [0.25, 0.3) is 0 Å². The maximum Gasteiger partial charge on any atom is 0.320 e. The molecular weight excluding hydrogens is 300 g/mol. The highest BCUT2D eigenvalue weighted by Crippen LogP contribution is 2.50. The third kappa shape index (κ3) is 2.12. The Balaban J connectivity index is 1.45. The van der Waals surface area contributed by atoms with E-state index in [0.29, 0.717) is 5.69 Å². The van der Waals surface area contributed by atoms with E-state index in [-0.39, 0.29) is 6.54 Å². The predicted molar refractivity (Wildman–Crippen MR) is 78.3 cm³/mol. The average molecular weight is 314 g/mol. The van der Waals surface area contributed by atoms with Crippen LogP contribution in [0, 0.1) is 11.8 Å². The summed E-state index contributed by atoms with van der Waals surface area (Å²) in [5.74, 6) is -2.43. The minimum Gasteiger partial charge on any atom is -0.393 e. The van der Waals surface area contributed by atoms with Crippen molar-refractivity contribution in [1.29, 1.82) is 0 Å². The summed E-state index contributed by atoms with van der Waals surface area (Å²) in [4.78, 5) is 35.6. The van der Waals surface area contributed by atoms with Crippen LogP contribution in [0.4, 0.5) is 10.5 Å². The van der Waals surface area contributed by atoms with Gasteiger partial charge < -0.3 is 20.1 Å². The van der Waals surface area contributed by atoms with Crippen LogP contribution in [-0.2, 0) is 19.1 Å². The number of rotatable bonds is 3. The quantitative estimate of drug-likeness (QED) is 0.490. The summed E-state index contributed by atoms with van der Waals surface area (Å²) >= 11 is 0. The highest BCUT2D eigenvalue weighted by atomic mass is 16.6. The molecule has 2 fully saturated rings. The molecule has 2 amide bonds. The number of nitrogens with one attached hydrogen (secondary N) is 2. The van der Waals surface area contributed by atoms with Crippen molar-refractivity contribution < 1.29 is 23.9 Å². The Morgan fingerprint density at radius 2 is 1.96 bits per heavy atom. The molecule has 118 valence electrons. The number of amides is 2. The van der Waals surface area contributed by atoms with Crippen LogP contribution in [0.5, 0.6) is 0 Å². The Kier molecular flexibility index (Phi) is 2.99. The Hall–Kier alpha value is -2.67. The molecule has 4 rings (SSSR count). The molecule has 3 aliphatic heterocycles. The third-order valence-electron chi connectivity index (χ3n) is 4.45. The van der Waals surface area contributed by atoms with E-state index in [1.807, 2.05) is 18.2 Å². The number of esters is 2. The molecule has 0 aliphatic carbocycles. The lowest BCUT2D eigenvalue weighted by Gasteiger charge is -2.27. The van der Waals surface area contributed by atoms with Crippen LogP contribution in [0.15, 0.2) is 42.5 Å². The van der Waals surface area contributed by atoms with Crippen molar-refractivity contribution in [2.75, 3.05) is 11.9 Å². The molecule has 0 saturated carbocycles. The summed E-state index contributed by atoms with van der Waals surface area (Å²) in [6.07, 6.45) is 3.03. The van der Waals surface area contributed by atoms with Gasteiger partial charge in [0.1, 0.15) is 17.4 Å². The van der Waals surface area contributed by atoms with Gasteiger partial charge in [-0.1, -0.05) is 30.4 Å². The molecule has 7 nitrogen and oxygen atoms in total. The SMILES string of the molecule is O=C(NCC12C=CC(O1)C1C(=O)OC(=O)C12)Nc1ccccc1. The fourth-order valence-corrected chi connectivity index (χ4v) is 3.43. The van der Waals surface area contributed by atoms with Crippen molar-refractivity contribution >= 4 is 23.7 Å². The summed E-state index contributed by atoms with van der Waals surface area (Å²) in [7, 11) is 0. The number of urea groups is 1. The molecule has 2 saturated heterocycles. The summed E-state index contributed by atoms with van der Waals surface area (Å²) in [6.45, 7) is 0.0855. The average Bonchev–Trinajstić information content (AvgIpc) is 3.18. The molecule has 0 radical (unpaired) electrons. The number of benzene rings is 1. The fraction of sp³-hybridized carbons (Fsp3) is 0.312. The first-order chi connectivity index (χ1) is 11.1. The monoisotopic (exact) mass is 314 g/mol. The van der Waals surface area contributed by atoms with E-state index in [9.17, 15) is 14.4 Å². The van der Waals surface area contributed by atoms with Gasteiger partial charge in [0.05, 0.1) is 12.6 Å². The van der Waals surface area contributed by atoms with Crippen molar-refractivity contribution in [2.45, 2.75) is 11.7 Å². The van der Waals surface area contributed by atoms with Crippen molar-refractivity contribution in [3.63, 3.8) is 0 Å². The second-order valence-electron chi connectivity index (χ2n) is 5.81. The lowest BCUT2D eigenvalue weighted by atomic mass is 9.77. The normalized spacial score (nSPS) is 33.5. The summed E-state index contributed by atoms with van der Waals surface area (Å²) in [6, 6.07) is 8.58. The van der Waals surface area contributed by atoms with E-state index in [0.717, 1.165) is 0 Å². The smallest absolute Gasteiger partial charge is 0.320 e. The highest BCUT2D eigenvalue weighted by Gasteiger charge is 2.66. The number of hydrogen-bond donors (Lipinski definition) is 2. The second kappa shape index (κ2) is 4.92. The van der Waals surface area contributed by atoms with Crippen LogP contribution in [0.3, 0.4) is 0 Å². The van der Waals surface area contributed by atoms with Crippen LogP contribution >= 0.6 is 0 Å². The van der Waals surface area contributed by atoms with Gasteiger partial charge in [-0.05, 0) is 12.1 Å². The van der Waals surface area contributed by atoms with Crippen LogP contribution in [0.1, 0.15) is 0 Å². The van der Waals surface area contributed by atoms with Crippen LogP contribution < -0.4 is 10.6 Å². The highest BCUT2D eigenvalue weighted by molar-refractivity contribution is 5.99. The zero-order valence-electron chi connectivity index (χ0n) is 12.0. The Morgan fingerprint density at radius 3 is 2.74 bits per heavy atom. The van der Waals surface area contributed by atoms with Gasteiger partial charge >= 0.3 is 18.0 Å². The molecule has 2 N–H and O–H groups in total. The van der Waals surface area contributed by atoms with Gasteiger partial charge in [-0.25, -0.2) is 4.79 Å². The Labute approximate surface area is 131 Å². The van der Waals surface area contributed by atoms with Gasteiger partial charge in [0, 0.05) is 5.69 Å². The largest absolute Gasteiger partial charge is 0.393 e. The van der Waals surface area contributed by atoms with Gasteiger partial charge in [-0.3, -0.25) is 9.59 Å². The van der Waals surface area contributed by atoms with Crippen LogP contribution in [-0.4, -0.2) is 36.2 Å². The number of ether oxygens (including phenoxy) is 2. The lowest BCUT2D eigenvalue weighted by Crippen LogP contribution is -2.48. The number of anilines is 1. The van der Waals surface area contributed by atoms with E-state index in [2.05, 4.69) is 10.6 Å². The van der Waals surface area contributed by atoms with Gasteiger partial charge in [-0.15, -0.1) is 0 Å². The topological polar surface area (TPSA) is 93.7 Å². The first kappa shape index (κ1) is 14.0. The minimum atomic E-state index is -1.01. The van der Waals surface area contributed by atoms with Crippen LogP contribution in [0.2, 0.25) is 0 Å². The number of fused-ring (bicyclic) bond motifs is 5. The standard InChI is InChI=1S/C16H14N2O5/c19-13-11-10-6-7-16(23-10,12(11)14(20)22-13)8-17-15(21)18-9-4-2-1-3-5-9/h1-7,10-12H,8H2,(H2,17,18,21). The molecule has 1 aromatic rings. The zero-order chi connectivity index (χ0) is 16.0. The Morgan fingerprint density at radius 1 is 1.17 bits per heavy atom. The molecule has 4 atom stereocenters. The van der Waals surface area contributed by atoms with Gasteiger partial charge in [-0.2, -0.15) is 0 Å². The number of carbonyl (C=O) groups is 3. The maximum absolute atomic E-state index is 12.0. The minimum absolute atomic E-state index is 0.0855. The summed E-state index contributed by atoms with van der Waals surface area (Å²) in [5, 5.41) is 5.38. The molecular formula is C16H14N2O5. The van der Waals surface area contributed by atoms with E-state index < -0.39 is 41.5 Å². The number of hydrogen-bond acceptors (Lipinski definition) is 5. The molecule has 3 heterocycles. The van der Waals surface area contributed by atoms with Crippen molar-refractivity contribution in [3.05, 3.63) is 42.5 Å². The van der Waals surface area contributed by atoms with Gasteiger partial charge in [0.2, 0.25) is 0 Å². The first-order valence-corrected chi connectivity index (χ1v) is 7.32. The number of cyclic esters (lactones) is 2. The van der Waals surface area contributed by atoms with E-state index in [1.54, 1.807) is 24.3 Å². The zero-order valence-corrected chi connectivity index (χ0v) is 12.0. The van der Waals surface area contributed by atoms with Crippen molar-refractivity contribution in [3.8, 4) is 0 Å². The predicted octanol–water partition coefficient (Wildman–Crippen LogP) is 0.831. The van der Waals surface area contributed by atoms with Crippen molar-refractivity contribution in [2.24, 2.45) is 11.8 Å². The van der Waals surface area contributed by atoms with E-state index >= 15 is 0 Å². The fourth-order valence-electron chi connectivity index (χ4n) is 3.43. The number of carbonyl (C=O) groups excluding carboxylic acids is 3. The van der Waals surface area contributed by atoms with Gasteiger partial charge in [0.15, 0.2) is 0 Å². The molecule has 0 aromatic heterocycles. The molecule has 1 aromatic carbocycles. The van der Waals surface area contributed by atoms with Crippen LogP contribution in [0.25, 0.3) is 0 Å². The number of para-hydroxylation sites is 1. The first-order valence-electron chi connectivity index (χ1n) is 7.32. The molecule has 7 heteroatoms. The maximum atomic E-state index is 12.0. The molecule has 2 bridgehead atoms. The molecule has 4 unspecified atom stereocenters. The van der Waals surface area contributed by atoms with Crippen molar-refractivity contribution in [1.82, 2.24) is 5.32 Å². The third-order valence-corrected chi connectivity index (χ3v) is 4.45. The summed E-state index contributed by atoms with van der Waals surface area (Å²) < 4.78 is 10.5. The molecule has 23 heavy (non-hydrogen) atoms. The summed E-state index contributed by atoms with van der Waals surface area (Å²) in [5.41, 5.74) is -0.352. The Bertz CT molecular complexity index is 716. The van der Waals surface area contributed by atoms with E-state index in [1.165, 1.54) is 0 Å². The lowest BCUT2D eigenvalue weighted by molar-refractivity contribution is -0.158. The van der Waals surface area contributed by atoms with E-state index in [4.69, 9.17) is 9.47 Å². The molecule has 3 aliphatic rings. The second-order valence-corrected chi connectivity index (χ2v) is 5.81.